The zero-order valence-electron chi connectivity index (χ0n) is 14.0. The number of hydrogen-bond donors (Lipinski definition) is 0. The smallest absolute Gasteiger partial charge is 0.377 e. The number of benzene rings is 2. The van der Waals surface area contributed by atoms with E-state index >= 15 is 0 Å². The highest BCUT2D eigenvalue weighted by molar-refractivity contribution is 6.16. The first-order valence-corrected chi connectivity index (χ1v) is 7.76. The van der Waals surface area contributed by atoms with Gasteiger partial charge >= 0.3 is 35.8 Å². The first-order valence-electron chi connectivity index (χ1n) is 7.76. The van der Waals surface area contributed by atoms with Gasteiger partial charge in [-0.3, -0.25) is 9.78 Å². The zero-order valence-corrected chi connectivity index (χ0v) is 14.0. The lowest BCUT2D eigenvalue weighted by Crippen LogP contribution is -2.12. The van der Waals surface area contributed by atoms with Gasteiger partial charge in [0, 0.05) is 5.04 Å². The van der Waals surface area contributed by atoms with Gasteiger partial charge in [-0.1, -0.05) is 0 Å². The van der Waals surface area contributed by atoms with Gasteiger partial charge in [0.2, 0.25) is 0 Å². The first-order chi connectivity index (χ1) is 13.8. The number of ether oxygens (including phenoxy) is 2. The molecular weight excluding hydrogens is 392 g/mol. The number of rotatable bonds is 4. The van der Waals surface area contributed by atoms with Crippen molar-refractivity contribution in [2.75, 3.05) is 0 Å². The minimum Gasteiger partial charge on any atom is -0.386 e. The van der Waals surface area contributed by atoms with Gasteiger partial charge in [-0.2, -0.15) is 0 Å². The average molecular weight is 398 g/mol. The predicted molar refractivity (Wildman–Crippen MR) is 84.3 cm³/mol. The minimum atomic E-state index is -1.13. The summed E-state index contributed by atoms with van der Waals surface area (Å²) in [4.78, 5) is 78.1. The number of carbonyl (C=O) groups is 6. The van der Waals surface area contributed by atoms with Crippen LogP contribution in [0.15, 0.2) is 36.4 Å². The molecule has 144 valence electrons. The summed E-state index contributed by atoms with van der Waals surface area (Å²) in [7, 11) is 0. The van der Waals surface area contributed by atoms with Crippen LogP contribution in [0.2, 0.25) is 0 Å². The Bertz CT molecular complexity index is 1050. The Labute approximate surface area is 159 Å². The summed E-state index contributed by atoms with van der Waals surface area (Å²) >= 11 is 0. The molecule has 0 saturated carbocycles. The van der Waals surface area contributed by atoms with E-state index in [0.717, 1.165) is 12.1 Å². The molecular formula is C18H6O11. The van der Waals surface area contributed by atoms with Crippen LogP contribution in [-0.2, 0) is 24.3 Å². The second-order valence-corrected chi connectivity index (χ2v) is 5.68. The lowest BCUT2D eigenvalue weighted by molar-refractivity contribution is -0.446. The second-order valence-electron chi connectivity index (χ2n) is 5.68. The molecule has 2 heterocycles. The number of esters is 4. The molecule has 0 aromatic heterocycles. The Balaban J connectivity index is 1.38. The standard InChI is InChI=1S/C18H6O11/c19-13(7-1-3-9-11(5-7)17(23)25-15(9)21)27-29-28-14(20)8-2-4-10-12(6-8)18(24)26-16(10)22/h1-6H. The van der Waals surface area contributed by atoms with Crippen molar-refractivity contribution >= 4 is 35.8 Å². The molecule has 2 aliphatic heterocycles. The van der Waals surface area contributed by atoms with Crippen LogP contribution < -0.4 is 0 Å². The minimum absolute atomic E-state index is 0.00693. The van der Waals surface area contributed by atoms with Crippen molar-refractivity contribution in [3.05, 3.63) is 69.8 Å². The van der Waals surface area contributed by atoms with Crippen molar-refractivity contribution in [2.45, 2.75) is 0 Å². The summed E-state index contributed by atoms with van der Waals surface area (Å²) in [5, 5.41) is 4.14. The van der Waals surface area contributed by atoms with E-state index in [9.17, 15) is 28.8 Å². The van der Waals surface area contributed by atoms with Crippen molar-refractivity contribution in [3.8, 4) is 0 Å². The molecule has 0 N–H and O–H groups in total. The summed E-state index contributed by atoms with van der Waals surface area (Å²) in [6.45, 7) is 0. The molecule has 4 rings (SSSR count). The molecule has 0 amide bonds. The van der Waals surface area contributed by atoms with Crippen LogP contribution in [0, 0.1) is 0 Å². The molecule has 0 bridgehead atoms. The van der Waals surface area contributed by atoms with Gasteiger partial charge < -0.3 is 9.47 Å². The van der Waals surface area contributed by atoms with E-state index in [4.69, 9.17) is 0 Å². The lowest BCUT2D eigenvalue weighted by atomic mass is 10.1. The number of hydrogen-bond acceptors (Lipinski definition) is 11. The van der Waals surface area contributed by atoms with Gasteiger partial charge in [0.05, 0.1) is 33.4 Å². The van der Waals surface area contributed by atoms with E-state index in [2.05, 4.69) is 24.3 Å². The van der Waals surface area contributed by atoms with Crippen LogP contribution in [0.1, 0.15) is 62.1 Å². The van der Waals surface area contributed by atoms with E-state index in [1.165, 1.54) is 24.3 Å². The molecule has 0 unspecified atom stereocenters. The Kier molecular flexibility index (Phi) is 4.13. The summed E-state index contributed by atoms with van der Waals surface area (Å²) in [5.74, 6) is -5.77. The molecule has 0 aliphatic carbocycles. The third-order valence-electron chi connectivity index (χ3n) is 3.98. The van der Waals surface area contributed by atoms with Crippen molar-refractivity contribution in [3.63, 3.8) is 0 Å². The third kappa shape index (κ3) is 3.11. The first kappa shape index (κ1) is 18.0. The maximum Gasteiger partial charge on any atom is 0.377 e. The largest absolute Gasteiger partial charge is 0.386 e. The average Bonchev–Trinajstić information content (AvgIpc) is 3.16. The van der Waals surface area contributed by atoms with Crippen molar-refractivity contribution < 1.29 is 53.1 Å². The highest BCUT2D eigenvalue weighted by Gasteiger charge is 2.32. The molecule has 0 saturated heterocycles. The normalized spacial score (nSPS) is 14.1. The van der Waals surface area contributed by atoms with E-state index in [1.54, 1.807) is 0 Å². The van der Waals surface area contributed by atoms with E-state index in [1.807, 2.05) is 0 Å². The Morgan fingerprint density at radius 3 is 1.38 bits per heavy atom. The Morgan fingerprint density at radius 2 is 0.966 bits per heavy atom. The fourth-order valence-corrected chi connectivity index (χ4v) is 2.60. The third-order valence-corrected chi connectivity index (χ3v) is 3.98. The van der Waals surface area contributed by atoms with Gasteiger partial charge in [0.25, 0.3) is 0 Å². The lowest BCUT2D eigenvalue weighted by Gasteiger charge is -2.04. The summed E-state index contributed by atoms with van der Waals surface area (Å²) in [6, 6.07) is 6.84. The van der Waals surface area contributed by atoms with Crippen molar-refractivity contribution in [2.24, 2.45) is 0 Å². The van der Waals surface area contributed by atoms with Crippen LogP contribution in [0.3, 0.4) is 0 Å². The van der Waals surface area contributed by atoms with Crippen LogP contribution in [0.25, 0.3) is 0 Å². The Morgan fingerprint density at radius 1 is 0.586 bits per heavy atom. The monoisotopic (exact) mass is 398 g/mol. The van der Waals surface area contributed by atoms with Gasteiger partial charge in [0.1, 0.15) is 0 Å². The fraction of sp³-hybridized carbons (Fsp3) is 0. The van der Waals surface area contributed by atoms with Crippen LogP contribution >= 0.6 is 0 Å². The Hall–Kier alpha value is -4.38. The highest BCUT2D eigenvalue weighted by atomic mass is 17.5. The SMILES string of the molecule is O=C(OOOC(=O)c1ccc2c(c1)C(=O)OC2=O)c1ccc2c(c1)C(=O)OC2=O. The molecule has 11 heteroatoms. The van der Waals surface area contributed by atoms with Gasteiger partial charge in [-0.05, 0) is 36.4 Å². The van der Waals surface area contributed by atoms with E-state index in [0.29, 0.717) is 0 Å². The van der Waals surface area contributed by atoms with E-state index < -0.39 is 35.8 Å². The molecule has 0 spiro atoms. The van der Waals surface area contributed by atoms with E-state index in [-0.39, 0.29) is 33.4 Å². The number of carbonyl (C=O) groups excluding carboxylic acids is 6. The van der Waals surface area contributed by atoms with Crippen LogP contribution in [-0.4, -0.2) is 35.8 Å². The summed E-state index contributed by atoms with van der Waals surface area (Å²) in [5.41, 5.74) is -0.613. The quantitative estimate of drug-likeness (QED) is 0.316. The molecule has 0 atom stereocenters. The predicted octanol–water partition coefficient (Wildman–Crippen LogP) is 1.17. The van der Waals surface area contributed by atoms with Crippen LogP contribution in [0.4, 0.5) is 0 Å². The maximum atomic E-state index is 11.9. The van der Waals surface area contributed by atoms with Gasteiger partial charge in [0.15, 0.2) is 0 Å². The highest BCUT2D eigenvalue weighted by Crippen LogP contribution is 2.23. The number of fused-ring (bicyclic) bond motifs is 2. The molecule has 2 aromatic carbocycles. The second kappa shape index (κ2) is 6.65. The van der Waals surface area contributed by atoms with Crippen LogP contribution in [0.5, 0.6) is 0 Å². The summed E-state index contributed by atoms with van der Waals surface area (Å²) < 4.78 is 8.78. The molecule has 2 aromatic rings. The van der Waals surface area contributed by atoms with Crippen molar-refractivity contribution in [1.29, 1.82) is 0 Å². The molecule has 0 radical (unpaired) electrons. The molecule has 0 fully saturated rings. The number of cyclic esters (lactones) is 4. The maximum absolute atomic E-state index is 11.9. The molecule has 29 heavy (non-hydrogen) atoms. The molecule has 11 nitrogen and oxygen atoms in total. The molecule has 2 aliphatic rings. The summed E-state index contributed by atoms with van der Waals surface area (Å²) in [6.07, 6.45) is 0. The van der Waals surface area contributed by atoms with Gasteiger partial charge in [-0.15, -0.1) is 0 Å². The fourth-order valence-electron chi connectivity index (χ4n) is 2.60. The van der Waals surface area contributed by atoms with Gasteiger partial charge in [-0.25, -0.2) is 28.8 Å². The van der Waals surface area contributed by atoms with Crippen molar-refractivity contribution in [1.82, 2.24) is 0 Å². The zero-order chi connectivity index (χ0) is 20.7. The topological polar surface area (TPSA) is 149 Å².